The van der Waals surface area contributed by atoms with Gasteiger partial charge in [-0.3, -0.25) is 14.5 Å². The van der Waals surface area contributed by atoms with Crippen LogP contribution >= 0.6 is 35.3 Å². The van der Waals surface area contributed by atoms with Crippen molar-refractivity contribution < 1.29 is 9.59 Å². The van der Waals surface area contributed by atoms with Crippen molar-refractivity contribution in [1.29, 1.82) is 0 Å². The molecule has 1 N–H and O–H groups in total. The lowest BCUT2D eigenvalue weighted by Crippen LogP contribution is -2.36. The molecule has 4 nitrogen and oxygen atoms in total. The van der Waals surface area contributed by atoms with Gasteiger partial charge in [0.25, 0.3) is 5.91 Å². The fraction of sp³-hybridized carbons (Fsp3) is 0.118. The summed E-state index contributed by atoms with van der Waals surface area (Å²) in [4.78, 5) is 27.6. The first-order valence-corrected chi connectivity index (χ1v) is 9.29. The quantitative estimate of drug-likeness (QED) is 0.651. The highest BCUT2D eigenvalue weighted by Crippen LogP contribution is 2.33. The van der Waals surface area contributed by atoms with Crippen LogP contribution in [-0.4, -0.2) is 27.6 Å². The molecule has 0 unspecified atom stereocenters. The van der Waals surface area contributed by atoms with Crippen LogP contribution in [0.2, 0.25) is 0 Å². The summed E-state index contributed by atoms with van der Waals surface area (Å²) in [5.41, 5.74) is 1.70. The molecule has 0 spiro atoms. The maximum absolute atomic E-state index is 12.5. The highest BCUT2D eigenvalue weighted by Gasteiger charge is 2.33. The third-order valence-electron chi connectivity index (χ3n) is 3.41. The molecule has 7 heteroatoms. The Balaban J connectivity index is 1.69. The first kappa shape index (κ1) is 16.9. The number of benzene rings is 1. The van der Waals surface area contributed by atoms with Crippen LogP contribution in [-0.2, 0) is 9.59 Å². The van der Waals surface area contributed by atoms with E-state index in [1.165, 1.54) is 16.7 Å². The Hall–Kier alpha value is -1.96. The number of thioether (sulfide) groups is 1. The predicted octanol–water partition coefficient (Wildman–Crippen LogP) is 3.90. The number of nitrogens with zero attached hydrogens (tertiary/aromatic N) is 1. The van der Waals surface area contributed by atoms with Gasteiger partial charge in [0.05, 0.1) is 4.91 Å². The fourth-order valence-corrected chi connectivity index (χ4v) is 4.16. The summed E-state index contributed by atoms with van der Waals surface area (Å²) in [5.74, 6) is -0.490. The monoisotopic (exact) mass is 374 g/mol. The molecule has 0 saturated carbocycles. The van der Waals surface area contributed by atoms with E-state index in [2.05, 4.69) is 5.32 Å². The standard InChI is InChI=1S/C17H14N2O2S3/c1-11-5-2-3-7-13(11)18-15(20)10-19-16(21)14(24-17(19)22)9-12-6-4-8-23-12/h2-9H,10H2,1H3,(H,18,20)/b14-9-. The van der Waals surface area contributed by atoms with E-state index in [1.807, 2.05) is 54.8 Å². The lowest BCUT2D eigenvalue weighted by molar-refractivity contribution is -0.126. The van der Waals surface area contributed by atoms with E-state index < -0.39 is 0 Å². The van der Waals surface area contributed by atoms with Gasteiger partial charge in [-0.25, -0.2) is 0 Å². The first-order chi connectivity index (χ1) is 11.5. The summed E-state index contributed by atoms with van der Waals surface area (Å²) in [6, 6.07) is 11.4. The Labute approximate surface area is 153 Å². The van der Waals surface area contributed by atoms with Crippen LogP contribution in [0.15, 0.2) is 46.7 Å². The number of carbonyl (C=O) groups is 2. The molecule has 122 valence electrons. The second-order valence-electron chi connectivity index (χ2n) is 5.15. The zero-order chi connectivity index (χ0) is 17.1. The van der Waals surface area contributed by atoms with Gasteiger partial charge < -0.3 is 5.32 Å². The molecule has 0 bridgehead atoms. The van der Waals surface area contributed by atoms with E-state index in [0.29, 0.717) is 9.23 Å². The van der Waals surface area contributed by atoms with E-state index in [0.717, 1.165) is 16.1 Å². The van der Waals surface area contributed by atoms with Gasteiger partial charge in [0.15, 0.2) is 0 Å². The van der Waals surface area contributed by atoms with Crippen molar-refractivity contribution in [2.24, 2.45) is 0 Å². The summed E-state index contributed by atoms with van der Waals surface area (Å²) < 4.78 is 0.405. The molecular weight excluding hydrogens is 360 g/mol. The number of thiocarbonyl (C=S) groups is 1. The molecule has 1 aliphatic heterocycles. The van der Waals surface area contributed by atoms with E-state index in [1.54, 1.807) is 11.3 Å². The van der Waals surface area contributed by atoms with Crippen LogP contribution in [0.1, 0.15) is 10.4 Å². The number of nitrogens with one attached hydrogen (secondary N) is 1. The van der Waals surface area contributed by atoms with Crippen LogP contribution in [0.5, 0.6) is 0 Å². The van der Waals surface area contributed by atoms with Crippen molar-refractivity contribution in [3.05, 3.63) is 57.1 Å². The minimum absolute atomic E-state index is 0.0826. The maximum atomic E-state index is 12.5. The summed E-state index contributed by atoms with van der Waals surface area (Å²) in [5, 5.41) is 4.77. The third-order valence-corrected chi connectivity index (χ3v) is 5.61. The Kier molecular flexibility index (Phi) is 5.13. The molecule has 1 saturated heterocycles. The average Bonchev–Trinajstić information content (AvgIpc) is 3.14. The average molecular weight is 375 g/mol. The Morgan fingerprint density at radius 2 is 2.08 bits per heavy atom. The van der Waals surface area contributed by atoms with Crippen LogP contribution in [0.4, 0.5) is 5.69 Å². The Bertz CT molecular complexity index is 828. The number of para-hydroxylation sites is 1. The summed E-state index contributed by atoms with van der Waals surface area (Å²) in [6.45, 7) is 1.83. The van der Waals surface area contributed by atoms with Crippen LogP contribution in [0.25, 0.3) is 6.08 Å². The lowest BCUT2D eigenvalue weighted by Gasteiger charge is -2.15. The number of thiophene rings is 1. The summed E-state index contributed by atoms with van der Waals surface area (Å²) in [7, 11) is 0. The van der Waals surface area contributed by atoms with E-state index in [4.69, 9.17) is 12.2 Å². The first-order valence-electron chi connectivity index (χ1n) is 7.19. The van der Waals surface area contributed by atoms with Crippen LogP contribution < -0.4 is 5.32 Å². The van der Waals surface area contributed by atoms with Gasteiger partial charge in [-0.1, -0.05) is 48.2 Å². The summed E-state index contributed by atoms with van der Waals surface area (Å²) in [6.07, 6.45) is 1.81. The van der Waals surface area contributed by atoms with Gasteiger partial charge >= 0.3 is 0 Å². The van der Waals surface area contributed by atoms with E-state index in [9.17, 15) is 9.59 Å². The molecule has 0 radical (unpaired) electrons. The van der Waals surface area contributed by atoms with E-state index in [-0.39, 0.29) is 18.4 Å². The minimum Gasteiger partial charge on any atom is -0.324 e. The topological polar surface area (TPSA) is 49.4 Å². The van der Waals surface area contributed by atoms with Gasteiger partial charge in [-0.05, 0) is 36.1 Å². The highest BCUT2D eigenvalue weighted by atomic mass is 32.2. The van der Waals surface area contributed by atoms with Gasteiger partial charge in [0.2, 0.25) is 5.91 Å². The number of anilines is 1. The molecule has 2 amide bonds. The molecule has 0 atom stereocenters. The second kappa shape index (κ2) is 7.29. The van der Waals surface area contributed by atoms with Crippen LogP contribution in [0.3, 0.4) is 0 Å². The zero-order valence-electron chi connectivity index (χ0n) is 12.8. The molecule has 0 aliphatic carbocycles. The molecule has 1 fully saturated rings. The number of hydrogen-bond donors (Lipinski definition) is 1. The zero-order valence-corrected chi connectivity index (χ0v) is 15.3. The molecule has 1 aliphatic rings. The van der Waals surface area contributed by atoms with Crippen molar-refractivity contribution in [2.75, 3.05) is 11.9 Å². The summed E-state index contributed by atoms with van der Waals surface area (Å²) >= 11 is 8.03. The largest absolute Gasteiger partial charge is 0.324 e. The normalized spacial score (nSPS) is 16.0. The molecular formula is C17H14N2O2S3. The third kappa shape index (κ3) is 3.75. The highest BCUT2D eigenvalue weighted by molar-refractivity contribution is 8.26. The van der Waals surface area contributed by atoms with Crippen molar-refractivity contribution >= 4 is 63.2 Å². The lowest BCUT2D eigenvalue weighted by atomic mass is 10.2. The molecule has 3 rings (SSSR count). The molecule has 24 heavy (non-hydrogen) atoms. The van der Waals surface area contributed by atoms with Crippen molar-refractivity contribution in [2.45, 2.75) is 6.92 Å². The Morgan fingerprint density at radius 1 is 1.29 bits per heavy atom. The SMILES string of the molecule is Cc1ccccc1NC(=O)CN1C(=O)/C(=C/c2cccs2)SC1=S. The molecule has 1 aromatic carbocycles. The van der Waals surface area contributed by atoms with Crippen molar-refractivity contribution in [3.8, 4) is 0 Å². The minimum atomic E-state index is -0.266. The molecule has 2 aromatic rings. The molecule has 2 heterocycles. The number of hydrogen-bond acceptors (Lipinski definition) is 5. The van der Waals surface area contributed by atoms with Gasteiger partial charge in [-0.2, -0.15) is 0 Å². The number of amides is 2. The second-order valence-corrected chi connectivity index (χ2v) is 7.80. The fourth-order valence-electron chi connectivity index (χ4n) is 2.19. The maximum Gasteiger partial charge on any atom is 0.266 e. The van der Waals surface area contributed by atoms with Gasteiger partial charge in [0.1, 0.15) is 10.9 Å². The van der Waals surface area contributed by atoms with Crippen molar-refractivity contribution in [1.82, 2.24) is 4.90 Å². The van der Waals surface area contributed by atoms with Gasteiger partial charge in [-0.15, -0.1) is 11.3 Å². The van der Waals surface area contributed by atoms with Crippen molar-refractivity contribution in [3.63, 3.8) is 0 Å². The number of carbonyl (C=O) groups excluding carboxylic acids is 2. The Morgan fingerprint density at radius 3 is 2.79 bits per heavy atom. The number of rotatable bonds is 4. The number of aryl methyl sites for hydroxylation is 1. The molecule has 1 aromatic heterocycles. The predicted molar refractivity (Wildman–Crippen MR) is 104 cm³/mol. The van der Waals surface area contributed by atoms with E-state index >= 15 is 0 Å². The van der Waals surface area contributed by atoms with Crippen LogP contribution in [0, 0.1) is 6.92 Å². The smallest absolute Gasteiger partial charge is 0.266 e. The van der Waals surface area contributed by atoms with Gasteiger partial charge in [0, 0.05) is 10.6 Å².